The van der Waals surface area contributed by atoms with Crippen molar-refractivity contribution in [2.45, 2.75) is 38.6 Å². The van der Waals surface area contributed by atoms with Gasteiger partial charge in [0.05, 0.1) is 0 Å². The summed E-state index contributed by atoms with van der Waals surface area (Å²) < 4.78 is 0. The summed E-state index contributed by atoms with van der Waals surface area (Å²) in [5.74, 6) is 2.31. The Kier molecular flexibility index (Phi) is 3.01. The molecule has 98 valence electrons. The van der Waals surface area contributed by atoms with E-state index >= 15 is 0 Å². The highest BCUT2D eigenvalue weighted by Crippen LogP contribution is 2.49. The van der Waals surface area contributed by atoms with Gasteiger partial charge in [0.1, 0.15) is 5.69 Å². The normalized spacial score (nSPS) is 31.5. The Bertz CT molecular complexity index is 459. The zero-order chi connectivity index (χ0) is 12.7. The standard InChI is InChI=1S/C13H19N3OS/c1-7(10-5-8-2-3-9(10)4-8)15-12(17)11-6-18-13(14)16-11/h6-10H,2-5H2,1H3,(H2,14,16)(H,15,17). The van der Waals surface area contributed by atoms with Gasteiger partial charge in [0.15, 0.2) is 5.13 Å². The monoisotopic (exact) mass is 265 g/mol. The third-order valence-electron chi connectivity index (χ3n) is 4.55. The van der Waals surface area contributed by atoms with Crippen molar-refractivity contribution >= 4 is 22.4 Å². The van der Waals surface area contributed by atoms with Crippen molar-refractivity contribution in [3.63, 3.8) is 0 Å². The molecule has 3 rings (SSSR count). The zero-order valence-electron chi connectivity index (χ0n) is 10.6. The molecule has 1 heterocycles. The van der Waals surface area contributed by atoms with Crippen LogP contribution in [0.5, 0.6) is 0 Å². The van der Waals surface area contributed by atoms with Crippen LogP contribution in [0.4, 0.5) is 5.13 Å². The van der Waals surface area contributed by atoms with Gasteiger partial charge in [0.2, 0.25) is 0 Å². The number of hydrogen-bond acceptors (Lipinski definition) is 4. The maximum Gasteiger partial charge on any atom is 0.271 e. The molecule has 0 aromatic carbocycles. The number of thiazole rings is 1. The van der Waals surface area contributed by atoms with E-state index in [9.17, 15) is 4.79 Å². The van der Waals surface area contributed by atoms with Crippen LogP contribution in [-0.2, 0) is 0 Å². The largest absolute Gasteiger partial charge is 0.375 e. The molecule has 1 aromatic heterocycles. The molecule has 0 radical (unpaired) electrons. The summed E-state index contributed by atoms with van der Waals surface area (Å²) in [6.45, 7) is 2.12. The van der Waals surface area contributed by atoms with Crippen molar-refractivity contribution in [2.24, 2.45) is 17.8 Å². The second-order valence-corrected chi connectivity index (χ2v) is 6.56. The molecule has 3 N–H and O–H groups in total. The fourth-order valence-corrected chi connectivity index (χ4v) is 4.23. The minimum atomic E-state index is -0.0850. The summed E-state index contributed by atoms with van der Waals surface area (Å²) in [6.07, 6.45) is 5.39. The molecule has 5 heteroatoms. The first kappa shape index (κ1) is 12.0. The maximum atomic E-state index is 12.0. The van der Waals surface area contributed by atoms with Gasteiger partial charge in [0.25, 0.3) is 5.91 Å². The molecular weight excluding hydrogens is 246 g/mol. The molecule has 18 heavy (non-hydrogen) atoms. The first-order valence-electron chi connectivity index (χ1n) is 6.65. The average Bonchev–Trinajstić information content (AvgIpc) is 3.03. The van der Waals surface area contributed by atoms with E-state index < -0.39 is 0 Å². The van der Waals surface area contributed by atoms with Crippen molar-refractivity contribution in [3.05, 3.63) is 11.1 Å². The lowest BCUT2D eigenvalue weighted by molar-refractivity contribution is 0.0911. The van der Waals surface area contributed by atoms with Crippen LogP contribution in [-0.4, -0.2) is 16.9 Å². The summed E-state index contributed by atoms with van der Waals surface area (Å²) in [5, 5.41) is 5.26. The van der Waals surface area contributed by atoms with E-state index in [2.05, 4.69) is 17.2 Å². The van der Waals surface area contributed by atoms with Gasteiger partial charge < -0.3 is 11.1 Å². The fraction of sp³-hybridized carbons (Fsp3) is 0.692. The van der Waals surface area contributed by atoms with Gasteiger partial charge in [-0.1, -0.05) is 6.42 Å². The molecule has 2 fully saturated rings. The van der Waals surface area contributed by atoms with E-state index in [1.807, 2.05) is 0 Å². The van der Waals surface area contributed by atoms with Crippen LogP contribution in [0.2, 0.25) is 0 Å². The number of nitrogens with zero attached hydrogens (tertiary/aromatic N) is 1. The Labute approximate surface area is 111 Å². The van der Waals surface area contributed by atoms with Crippen molar-refractivity contribution < 1.29 is 4.79 Å². The predicted molar refractivity (Wildman–Crippen MR) is 72.4 cm³/mol. The molecule has 2 aliphatic carbocycles. The molecule has 0 spiro atoms. The van der Waals surface area contributed by atoms with Crippen LogP contribution in [0.25, 0.3) is 0 Å². The van der Waals surface area contributed by atoms with Gasteiger partial charge in [-0.2, -0.15) is 0 Å². The van der Waals surface area contributed by atoms with Crippen molar-refractivity contribution in [3.8, 4) is 0 Å². The summed E-state index contributed by atoms with van der Waals surface area (Å²) >= 11 is 1.31. The number of fused-ring (bicyclic) bond motifs is 2. The van der Waals surface area contributed by atoms with E-state index in [0.29, 0.717) is 16.7 Å². The summed E-state index contributed by atoms with van der Waals surface area (Å²) in [5.41, 5.74) is 6.00. The van der Waals surface area contributed by atoms with Crippen LogP contribution in [0.15, 0.2) is 5.38 Å². The van der Waals surface area contributed by atoms with E-state index in [4.69, 9.17) is 5.73 Å². The van der Waals surface area contributed by atoms with E-state index in [0.717, 1.165) is 11.8 Å². The number of rotatable bonds is 3. The zero-order valence-corrected chi connectivity index (χ0v) is 11.4. The molecule has 4 nitrogen and oxygen atoms in total. The van der Waals surface area contributed by atoms with Gasteiger partial charge in [0, 0.05) is 11.4 Å². The quantitative estimate of drug-likeness (QED) is 0.881. The summed E-state index contributed by atoms with van der Waals surface area (Å²) in [7, 11) is 0. The van der Waals surface area contributed by atoms with Crippen molar-refractivity contribution in [1.29, 1.82) is 0 Å². The lowest BCUT2D eigenvalue weighted by Crippen LogP contribution is -2.40. The molecule has 4 atom stereocenters. The second kappa shape index (κ2) is 4.53. The van der Waals surface area contributed by atoms with Crippen LogP contribution in [0.3, 0.4) is 0 Å². The molecule has 2 bridgehead atoms. The predicted octanol–water partition coefficient (Wildman–Crippen LogP) is 2.28. The van der Waals surface area contributed by atoms with Crippen LogP contribution < -0.4 is 11.1 Å². The molecule has 0 aliphatic heterocycles. The Morgan fingerprint density at radius 2 is 2.39 bits per heavy atom. The van der Waals surface area contributed by atoms with Crippen molar-refractivity contribution in [2.75, 3.05) is 5.73 Å². The Balaban J connectivity index is 1.61. The number of anilines is 1. The minimum absolute atomic E-state index is 0.0850. The molecule has 0 saturated heterocycles. The van der Waals surface area contributed by atoms with Gasteiger partial charge in [-0.15, -0.1) is 11.3 Å². The molecule has 1 amide bonds. The third-order valence-corrected chi connectivity index (χ3v) is 5.22. The first-order valence-corrected chi connectivity index (χ1v) is 7.53. The lowest BCUT2D eigenvalue weighted by Gasteiger charge is -2.28. The molecule has 4 unspecified atom stereocenters. The summed E-state index contributed by atoms with van der Waals surface area (Å²) in [4.78, 5) is 16.0. The topological polar surface area (TPSA) is 68.0 Å². The molecular formula is C13H19N3OS. The Morgan fingerprint density at radius 3 is 2.94 bits per heavy atom. The smallest absolute Gasteiger partial charge is 0.271 e. The molecule has 2 saturated carbocycles. The van der Waals surface area contributed by atoms with E-state index in [1.54, 1.807) is 5.38 Å². The van der Waals surface area contributed by atoms with Crippen molar-refractivity contribution in [1.82, 2.24) is 10.3 Å². The van der Waals surface area contributed by atoms with Crippen LogP contribution in [0, 0.1) is 17.8 Å². The number of aromatic nitrogens is 1. The van der Waals surface area contributed by atoms with Gasteiger partial charge in [-0.05, 0) is 43.9 Å². The van der Waals surface area contributed by atoms with Gasteiger partial charge >= 0.3 is 0 Å². The van der Waals surface area contributed by atoms with Gasteiger partial charge in [-0.25, -0.2) is 4.98 Å². The summed E-state index contributed by atoms with van der Waals surface area (Å²) in [6, 6.07) is 0.246. The number of carbonyl (C=O) groups excluding carboxylic acids is 1. The minimum Gasteiger partial charge on any atom is -0.375 e. The highest BCUT2D eigenvalue weighted by Gasteiger charge is 2.42. The molecule has 1 aromatic rings. The van der Waals surface area contributed by atoms with Crippen LogP contribution in [0.1, 0.15) is 43.1 Å². The van der Waals surface area contributed by atoms with E-state index in [-0.39, 0.29) is 11.9 Å². The number of hydrogen-bond donors (Lipinski definition) is 2. The SMILES string of the molecule is CC(NC(=O)c1csc(N)n1)C1CC2CCC1C2. The lowest BCUT2D eigenvalue weighted by atomic mass is 9.84. The maximum absolute atomic E-state index is 12.0. The number of nitrogens with one attached hydrogen (secondary N) is 1. The first-order chi connectivity index (χ1) is 8.63. The Hall–Kier alpha value is -1.10. The highest BCUT2D eigenvalue weighted by atomic mass is 32.1. The average molecular weight is 265 g/mol. The molecule has 2 aliphatic rings. The fourth-order valence-electron chi connectivity index (χ4n) is 3.69. The third kappa shape index (κ3) is 2.11. The highest BCUT2D eigenvalue weighted by molar-refractivity contribution is 7.13. The van der Waals surface area contributed by atoms with E-state index in [1.165, 1.54) is 37.0 Å². The number of amides is 1. The van der Waals surface area contributed by atoms with Gasteiger partial charge in [-0.3, -0.25) is 4.79 Å². The number of nitrogen functional groups attached to an aromatic ring is 1. The Morgan fingerprint density at radius 1 is 1.56 bits per heavy atom. The number of nitrogens with two attached hydrogens (primary N) is 1. The number of carbonyl (C=O) groups is 1. The second-order valence-electron chi connectivity index (χ2n) is 5.67. The van der Waals surface area contributed by atoms with Crippen LogP contribution >= 0.6 is 11.3 Å².